The Morgan fingerprint density at radius 3 is 2.70 bits per heavy atom. The molecule has 1 fully saturated rings. The van der Waals surface area contributed by atoms with Gasteiger partial charge in [0.2, 0.25) is 0 Å². The van der Waals surface area contributed by atoms with Gasteiger partial charge in [-0.25, -0.2) is 9.67 Å². The number of hydrogen-bond acceptors (Lipinski definition) is 5. The molecule has 7 nitrogen and oxygen atoms in total. The molecular weight excluding hydrogens is 412 g/mol. The third kappa shape index (κ3) is 5.25. The van der Waals surface area contributed by atoms with Gasteiger partial charge in [0.15, 0.2) is 5.65 Å². The third-order valence-corrected chi connectivity index (χ3v) is 6.35. The van der Waals surface area contributed by atoms with Crippen molar-refractivity contribution in [2.75, 3.05) is 40.3 Å². The smallest absolute Gasteiger partial charge is 0.254 e. The van der Waals surface area contributed by atoms with Gasteiger partial charge in [-0.1, -0.05) is 18.2 Å². The first kappa shape index (κ1) is 23.4. The van der Waals surface area contributed by atoms with Crippen LogP contribution in [0.5, 0.6) is 0 Å². The maximum atomic E-state index is 13.5. The molecule has 0 radical (unpaired) electrons. The SMILES string of the molecule is CNCCN(C)Cc1cccc(-c2cc(C(=O)N3CCCCC3)c3cnn(C(C)C)c3n2)c1. The second-order valence-corrected chi connectivity index (χ2v) is 9.37. The number of nitrogens with one attached hydrogen (secondary N) is 1. The van der Waals surface area contributed by atoms with Crippen molar-refractivity contribution >= 4 is 16.9 Å². The van der Waals surface area contributed by atoms with Gasteiger partial charge >= 0.3 is 0 Å². The Bertz CT molecular complexity index is 1100. The van der Waals surface area contributed by atoms with Gasteiger partial charge < -0.3 is 15.1 Å². The number of benzene rings is 1. The minimum atomic E-state index is 0.0922. The summed E-state index contributed by atoms with van der Waals surface area (Å²) in [6.07, 6.45) is 5.14. The largest absolute Gasteiger partial charge is 0.339 e. The fourth-order valence-electron chi connectivity index (χ4n) is 4.51. The molecule has 176 valence electrons. The maximum absolute atomic E-state index is 13.5. The lowest BCUT2D eigenvalue weighted by Crippen LogP contribution is -2.35. The van der Waals surface area contributed by atoms with E-state index >= 15 is 0 Å². The van der Waals surface area contributed by atoms with Crippen LogP contribution in [0.1, 0.15) is 55.1 Å². The van der Waals surface area contributed by atoms with E-state index in [1.54, 1.807) is 6.20 Å². The monoisotopic (exact) mass is 448 g/mol. The zero-order chi connectivity index (χ0) is 23.4. The highest BCUT2D eigenvalue weighted by atomic mass is 16.2. The summed E-state index contributed by atoms with van der Waals surface area (Å²) >= 11 is 0. The quantitative estimate of drug-likeness (QED) is 0.565. The second kappa shape index (κ2) is 10.4. The second-order valence-electron chi connectivity index (χ2n) is 9.37. The number of carbonyl (C=O) groups is 1. The van der Waals surface area contributed by atoms with Crippen LogP contribution in [0.25, 0.3) is 22.3 Å². The molecule has 1 aliphatic heterocycles. The van der Waals surface area contributed by atoms with Crippen molar-refractivity contribution < 1.29 is 4.79 Å². The number of fused-ring (bicyclic) bond motifs is 1. The van der Waals surface area contributed by atoms with Crippen LogP contribution < -0.4 is 5.32 Å². The number of hydrogen-bond donors (Lipinski definition) is 1. The molecule has 0 atom stereocenters. The minimum Gasteiger partial charge on any atom is -0.339 e. The summed E-state index contributed by atoms with van der Waals surface area (Å²) in [5.74, 6) is 0.0922. The first-order valence-electron chi connectivity index (χ1n) is 12.1. The average Bonchev–Trinajstić information content (AvgIpc) is 3.27. The molecule has 7 heteroatoms. The average molecular weight is 449 g/mol. The molecule has 3 aromatic rings. The van der Waals surface area contributed by atoms with Crippen LogP contribution in [0.15, 0.2) is 36.5 Å². The number of pyridine rings is 1. The van der Waals surface area contributed by atoms with Gasteiger partial charge in [0.1, 0.15) is 0 Å². The van der Waals surface area contributed by atoms with Crippen LogP contribution in [0.2, 0.25) is 0 Å². The zero-order valence-electron chi connectivity index (χ0n) is 20.3. The van der Waals surface area contributed by atoms with E-state index in [0.29, 0.717) is 5.56 Å². The highest BCUT2D eigenvalue weighted by Crippen LogP contribution is 2.28. The Labute approximate surface area is 196 Å². The highest BCUT2D eigenvalue weighted by Gasteiger charge is 2.24. The first-order valence-corrected chi connectivity index (χ1v) is 12.1. The number of carbonyl (C=O) groups excluding carboxylic acids is 1. The van der Waals surface area contributed by atoms with Gasteiger partial charge in [0, 0.05) is 44.3 Å². The number of aromatic nitrogens is 3. The van der Waals surface area contributed by atoms with Crippen molar-refractivity contribution in [1.82, 2.24) is 29.9 Å². The molecule has 0 saturated carbocycles. The summed E-state index contributed by atoms with van der Waals surface area (Å²) in [6, 6.07) is 10.6. The molecule has 4 rings (SSSR count). The first-order chi connectivity index (χ1) is 16.0. The Morgan fingerprint density at radius 1 is 1.18 bits per heavy atom. The van der Waals surface area contributed by atoms with Crippen molar-refractivity contribution in [3.63, 3.8) is 0 Å². The van der Waals surface area contributed by atoms with Crippen LogP contribution in [0.4, 0.5) is 0 Å². The molecule has 0 aliphatic carbocycles. The van der Waals surface area contributed by atoms with Gasteiger partial charge in [-0.2, -0.15) is 5.10 Å². The number of rotatable bonds is 8. The topological polar surface area (TPSA) is 66.3 Å². The van der Waals surface area contributed by atoms with E-state index in [1.165, 1.54) is 12.0 Å². The van der Waals surface area contributed by atoms with Gasteiger partial charge in [-0.3, -0.25) is 4.79 Å². The van der Waals surface area contributed by atoms with E-state index in [1.807, 2.05) is 22.7 Å². The minimum absolute atomic E-state index is 0.0922. The van der Waals surface area contributed by atoms with Crippen molar-refractivity contribution in [3.8, 4) is 11.3 Å². The van der Waals surface area contributed by atoms with E-state index < -0.39 is 0 Å². The normalized spacial score (nSPS) is 14.5. The van der Waals surface area contributed by atoms with Crippen molar-refractivity contribution in [2.24, 2.45) is 0 Å². The lowest BCUT2D eigenvalue weighted by Gasteiger charge is -2.27. The fraction of sp³-hybridized carbons (Fsp3) is 0.500. The standard InChI is InChI=1S/C26H36N6O/c1-19(2)32-25-23(17-28-32)22(26(33)31-12-6-5-7-13-31)16-24(29-25)21-10-8-9-20(15-21)18-30(4)14-11-27-3/h8-10,15-17,19,27H,5-7,11-14,18H2,1-4H3. The molecule has 0 unspecified atom stereocenters. The Morgan fingerprint density at radius 2 is 1.97 bits per heavy atom. The van der Waals surface area contributed by atoms with Crippen molar-refractivity contribution in [2.45, 2.75) is 45.7 Å². The zero-order valence-corrected chi connectivity index (χ0v) is 20.3. The van der Waals surface area contributed by atoms with Crippen LogP contribution >= 0.6 is 0 Å². The van der Waals surface area contributed by atoms with Crippen molar-refractivity contribution in [1.29, 1.82) is 0 Å². The number of piperidine rings is 1. The number of amides is 1. The molecule has 2 aromatic heterocycles. The fourth-order valence-corrected chi connectivity index (χ4v) is 4.51. The lowest BCUT2D eigenvalue weighted by molar-refractivity contribution is 0.0726. The molecule has 33 heavy (non-hydrogen) atoms. The molecule has 1 amide bonds. The summed E-state index contributed by atoms with van der Waals surface area (Å²) in [7, 11) is 4.10. The maximum Gasteiger partial charge on any atom is 0.254 e. The Balaban J connectivity index is 1.74. The predicted octanol–water partition coefficient (Wildman–Crippen LogP) is 3.96. The van der Waals surface area contributed by atoms with E-state index in [0.717, 1.165) is 67.9 Å². The summed E-state index contributed by atoms with van der Waals surface area (Å²) in [5, 5.41) is 8.61. The van der Waals surface area contributed by atoms with Gasteiger partial charge in [0.25, 0.3) is 5.91 Å². The van der Waals surface area contributed by atoms with Gasteiger partial charge in [-0.05, 0) is 64.9 Å². The van der Waals surface area contributed by atoms with Gasteiger partial charge in [0.05, 0.1) is 22.8 Å². The van der Waals surface area contributed by atoms with Gasteiger partial charge in [-0.15, -0.1) is 0 Å². The number of likely N-dealkylation sites (tertiary alicyclic amines) is 1. The van der Waals surface area contributed by atoms with Crippen LogP contribution in [0.3, 0.4) is 0 Å². The molecule has 1 N–H and O–H groups in total. The Kier molecular flexibility index (Phi) is 7.40. The highest BCUT2D eigenvalue weighted by molar-refractivity contribution is 6.06. The van der Waals surface area contributed by atoms with E-state index in [-0.39, 0.29) is 11.9 Å². The molecule has 3 heterocycles. The summed E-state index contributed by atoms with van der Waals surface area (Å²) in [5.41, 5.74) is 4.57. The number of nitrogens with zero attached hydrogens (tertiary/aromatic N) is 5. The lowest BCUT2D eigenvalue weighted by atomic mass is 10.0. The van der Waals surface area contributed by atoms with Crippen LogP contribution in [-0.4, -0.2) is 70.7 Å². The Hall–Kier alpha value is -2.77. The molecule has 1 saturated heterocycles. The summed E-state index contributed by atoms with van der Waals surface area (Å²) in [4.78, 5) is 22.8. The predicted molar refractivity (Wildman–Crippen MR) is 133 cm³/mol. The van der Waals surface area contributed by atoms with E-state index in [9.17, 15) is 4.79 Å². The van der Waals surface area contributed by atoms with E-state index in [4.69, 9.17) is 4.98 Å². The van der Waals surface area contributed by atoms with Crippen LogP contribution in [-0.2, 0) is 6.54 Å². The van der Waals surface area contributed by atoms with Crippen LogP contribution in [0, 0.1) is 0 Å². The molecule has 0 bridgehead atoms. The molecule has 0 spiro atoms. The summed E-state index contributed by atoms with van der Waals surface area (Å²) in [6.45, 7) is 8.63. The summed E-state index contributed by atoms with van der Waals surface area (Å²) < 4.78 is 1.92. The number of likely N-dealkylation sites (N-methyl/N-ethyl adjacent to an activating group) is 2. The molecular formula is C26H36N6O. The van der Waals surface area contributed by atoms with Crippen molar-refractivity contribution in [3.05, 3.63) is 47.7 Å². The molecule has 1 aliphatic rings. The molecule has 1 aromatic carbocycles. The van der Waals surface area contributed by atoms with E-state index in [2.05, 4.69) is 60.5 Å². The third-order valence-electron chi connectivity index (χ3n) is 6.35.